The Morgan fingerprint density at radius 3 is 2.07 bits per heavy atom. The van der Waals surface area contributed by atoms with E-state index in [1.54, 1.807) is 51.0 Å². The first-order chi connectivity index (χ1) is 28.7. The zero-order valence-electron chi connectivity index (χ0n) is 33.1. The minimum Gasteiger partial charge on any atom is -0.493 e. The van der Waals surface area contributed by atoms with Crippen LogP contribution in [0.5, 0.6) is 23.0 Å². The second-order valence-electron chi connectivity index (χ2n) is 13.6. The summed E-state index contributed by atoms with van der Waals surface area (Å²) >= 11 is 0. The average molecular weight is 794 g/mol. The van der Waals surface area contributed by atoms with Gasteiger partial charge in [-0.15, -0.1) is 0 Å². The third-order valence-corrected chi connectivity index (χ3v) is 9.80. The predicted octanol–water partition coefficient (Wildman–Crippen LogP) is 7.76. The number of fused-ring (bicyclic) bond motifs is 1. The Morgan fingerprint density at radius 2 is 1.36 bits per heavy atom. The van der Waals surface area contributed by atoms with Crippen LogP contribution in [-0.2, 0) is 19.5 Å². The first-order valence-electron chi connectivity index (χ1n) is 18.8. The molecular weight excluding hydrogens is 751 g/mol. The molecule has 0 unspecified atom stereocenters. The predicted molar refractivity (Wildman–Crippen MR) is 225 cm³/mol. The van der Waals surface area contributed by atoms with Gasteiger partial charge in [0.25, 0.3) is 11.8 Å². The van der Waals surface area contributed by atoms with Crippen LogP contribution in [0.2, 0.25) is 0 Å². The van der Waals surface area contributed by atoms with Crippen molar-refractivity contribution in [2.45, 2.75) is 19.5 Å². The number of nitrogens with zero attached hydrogens (tertiary/aromatic N) is 3. The molecule has 2 heterocycles. The molecule has 0 atom stereocenters. The first kappa shape index (κ1) is 39.8. The number of methoxy groups -OCH3 is 4. The fraction of sp³-hybridized carbons (Fsp3) is 0.174. The largest absolute Gasteiger partial charge is 0.493 e. The van der Waals surface area contributed by atoms with E-state index in [4.69, 9.17) is 23.4 Å². The van der Waals surface area contributed by atoms with Crippen LogP contribution in [0.25, 0.3) is 16.7 Å². The van der Waals surface area contributed by atoms with Gasteiger partial charge < -0.3 is 38.6 Å². The van der Waals surface area contributed by atoms with Gasteiger partial charge in [-0.05, 0) is 77.7 Å². The number of aromatic nitrogens is 2. The van der Waals surface area contributed by atoms with Crippen molar-refractivity contribution in [1.82, 2.24) is 14.5 Å². The molecule has 0 aliphatic heterocycles. The molecule has 0 bridgehead atoms. The SMILES string of the molecule is COc1ccc(CN(CCc2ccc(NC(=O)c3cc(OC)c(OC)cc3NC(=O)c3cc(=O)c4ccccc4o3)cc2)Cc2ccc(-n3ccnc3)cc2)cc1OC. The normalized spacial score (nSPS) is 11.0. The number of ether oxygens (including phenoxy) is 4. The average Bonchev–Trinajstić information content (AvgIpc) is 3.81. The highest BCUT2D eigenvalue weighted by molar-refractivity contribution is 6.12. The summed E-state index contributed by atoms with van der Waals surface area (Å²) in [5.74, 6) is 0.488. The van der Waals surface area contributed by atoms with E-state index in [1.807, 2.05) is 53.2 Å². The number of amides is 2. The molecule has 0 saturated heterocycles. The van der Waals surface area contributed by atoms with Crippen LogP contribution in [-0.4, -0.2) is 61.2 Å². The summed E-state index contributed by atoms with van der Waals surface area (Å²) in [6.07, 6.45) is 6.19. The van der Waals surface area contributed by atoms with Gasteiger partial charge in [0.1, 0.15) is 5.58 Å². The lowest BCUT2D eigenvalue weighted by Crippen LogP contribution is -2.25. The van der Waals surface area contributed by atoms with Crippen molar-refractivity contribution < 1.29 is 33.0 Å². The van der Waals surface area contributed by atoms with E-state index < -0.39 is 11.8 Å². The summed E-state index contributed by atoms with van der Waals surface area (Å²) in [6, 6.07) is 32.7. The van der Waals surface area contributed by atoms with Gasteiger partial charge in [-0.1, -0.05) is 42.5 Å². The molecule has 59 heavy (non-hydrogen) atoms. The molecule has 0 saturated carbocycles. The fourth-order valence-corrected chi connectivity index (χ4v) is 6.71. The second-order valence-corrected chi connectivity index (χ2v) is 13.6. The Labute approximate surface area is 340 Å². The molecule has 0 aliphatic rings. The number of carbonyl (C=O) groups is 2. The molecule has 13 heteroatoms. The number of carbonyl (C=O) groups excluding carboxylic acids is 2. The van der Waals surface area contributed by atoms with Crippen molar-refractivity contribution in [1.29, 1.82) is 0 Å². The molecule has 7 rings (SSSR count). The van der Waals surface area contributed by atoms with E-state index in [0.717, 1.165) is 35.8 Å². The van der Waals surface area contributed by atoms with Gasteiger partial charge in [-0.25, -0.2) is 4.98 Å². The smallest absolute Gasteiger partial charge is 0.291 e. The van der Waals surface area contributed by atoms with E-state index in [9.17, 15) is 14.4 Å². The molecular formula is C46H43N5O8. The van der Waals surface area contributed by atoms with E-state index >= 15 is 0 Å². The van der Waals surface area contributed by atoms with Gasteiger partial charge >= 0.3 is 0 Å². The fourth-order valence-electron chi connectivity index (χ4n) is 6.71. The lowest BCUT2D eigenvalue weighted by atomic mass is 10.1. The van der Waals surface area contributed by atoms with Crippen LogP contribution < -0.4 is 35.0 Å². The van der Waals surface area contributed by atoms with Gasteiger partial charge in [-0.3, -0.25) is 19.3 Å². The first-order valence-corrected chi connectivity index (χ1v) is 18.8. The van der Waals surface area contributed by atoms with Crippen molar-refractivity contribution in [2.75, 3.05) is 45.6 Å². The number of para-hydroxylation sites is 1. The molecule has 13 nitrogen and oxygen atoms in total. The maximum absolute atomic E-state index is 13.8. The van der Waals surface area contributed by atoms with Crippen molar-refractivity contribution >= 4 is 34.2 Å². The Morgan fingerprint density at radius 1 is 0.695 bits per heavy atom. The highest BCUT2D eigenvalue weighted by atomic mass is 16.5. The zero-order chi connectivity index (χ0) is 41.3. The summed E-state index contributed by atoms with van der Waals surface area (Å²) in [4.78, 5) is 46.4. The van der Waals surface area contributed by atoms with E-state index in [1.165, 1.54) is 31.9 Å². The number of hydrogen-bond donors (Lipinski definition) is 2. The van der Waals surface area contributed by atoms with Crippen LogP contribution in [0.4, 0.5) is 11.4 Å². The van der Waals surface area contributed by atoms with Gasteiger partial charge in [0.15, 0.2) is 34.2 Å². The van der Waals surface area contributed by atoms with Crippen LogP contribution in [0.1, 0.15) is 37.6 Å². The van der Waals surface area contributed by atoms with Crippen molar-refractivity contribution in [2.24, 2.45) is 0 Å². The Kier molecular flexibility index (Phi) is 12.3. The Balaban J connectivity index is 1.06. The quantitative estimate of drug-likeness (QED) is 0.0996. The molecule has 0 fully saturated rings. The van der Waals surface area contributed by atoms with Crippen LogP contribution in [0, 0.1) is 0 Å². The molecule has 0 spiro atoms. The number of anilines is 2. The van der Waals surface area contributed by atoms with E-state index in [-0.39, 0.29) is 39.5 Å². The number of nitrogens with one attached hydrogen (secondary N) is 2. The molecule has 0 radical (unpaired) electrons. The lowest BCUT2D eigenvalue weighted by molar-refractivity contribution is 0.0997. The molecule has 2 amide bonds. The van der Waals surface area contributed by atoms with Crippen molar-refractivity contribution in [3.63, 3.8) is 0 Å². The lowest BCUT2D eigenvalue weighted by Gasteiger charge is -2.23. The molecule has 5 aromatic carbocycles. The highest BCUT2D eigenvalue weighted by Crippen LogP contribution is 2.34. The number of benzene rings is 5. The molecule has 0 aliphatic carbocycles. The zero-order valence-corrected chi connectivity index (χ0v) is 33.1. The monoisotopic (exact) mass is 793 g/mol. The third kappa shape index (κ3) is 9.43. The van der Waals surface area contributed by atoms with Crippen LogP contribution in [0.15, 0.2) is 137 Å². The van der Waals surface area contributed by atoms with Gasteiger partial charge in [0.2, 0.25) is 0 Å². The van der Waals surface area contributed by atoms with Gasteiger partial charge in [-0.2, -0.15) is 0 Å². The van der Waals surface area contributed by atoms with E-state index in [2.05, 4.69) is 44.8 Å². The van der Waals surface area contributed by atoms with Gasteiger partial charge in [0.05, 0.1) is 51.4 Å². The number of hydrogen-bond acceptors (Lipinski definition) is 10. The molecule has 300 valence electrons. The number of rotatable bonds is 16. The Hall–Kier alpha value is -7.38. The van der Waals surface area contributed by atoms with Crippen molar-refractivity contribution in [3.8, 4) is 28.7 Å². The van der Waals surface area contributed by atoms with E-state index in [0.29, 0.717) is 35.7 Å². The topological polar surface area (TPSA) is 146 Å². The third-order valence-electron chi connectivity index (χ3n) is 9.80. The molecule has 2 aromatic heterocycles. The summed E-state index contributed by atoms with van der Waals surface area (Å²) in [6.45, 7) is 2.13. The minimum atomic E-state index is -0.717. The minimum absolute atomic E-state index is 0.104. The molecule has 7 aromatic rings. The summed E-state index contributed by atoms with van der Waals surface area (Å²) in [5, 5.41) is 5.99. The van der Waals surface area contributed by atoms with Gasteiger partial charge in [0, 0.05) is 55.5 Å². The Bertz CT molecular complexity index is 2620. The number of imidazole rings is 1. The van der Waals surface area contributed by atoms with Crippen LogP contribution in [0.3, 0.4) is 0 Å². The second kappa shape index (κ2) is 18.3. The van der Waals surface area contributed by atoms with Crippen LogP contribution >= 0.6 is 0 Å². The summed E-state index contributed by atoms with van der Waals surface area (Å²) in [7, 11) is 6.15. The standard InChI is InChI=1S/C46H43N5O8/c1-55-40-18-13-32(23-41(40)56-2)28-50(27-31-11-16-34(17-12-31)51-22-20-47-29-51)21-19-30-9-14-33(15-10-30)48-45(53)36-24-42(57-3)43(58-4)25-37(36)49-46(54)44-26-38(52)35-7-5-6-8-39(35)59-44/h5-18,20,22-26,29H,19,21,27-28H2,1-4H3,(H,48,53)(H,49,54). The van der Waals surface area contributed by atoms with Crippen molar-refractivity contribution in [3.05, 3.63) is 166 Å². The maximum atomic E-state index is 13.8. The highest BCUT2D eigenvalue weighted by Gasteiger charge is 2.21. The summed E-state index contributed by atoms with van der Waals surface area (Å²) in [5.41, 5.74) is 5.04. The maximum Gasteiger partial charge on any atom is 0.291 e. The molecule has 2 N–H and O–H groups in total. The summed E-state index contributed by atoms with van der Waals surface area (Å²) < 4.78 is 29.7.